The van der Waals surface area contributed by atoms with Crippen LogP contribution in [0.3, 0.4) is 0 Å². The maximum Gasteiger partial charge on any atom is 0.0900 e. The first-order valence-electron chi connectivity index (χ1n) is 9.36. The summed E-state index contributed by atoms with van der Waals surface area (Å²) in [5, 5.41) is 10.4. The van der Waals surface area contributed by atoms with Crippen molar-refractivity contribution in [2.24, 2.45) is 16.7 Å². The number of hydrogen-bond donors (Lipinski definition) is 1. The van der Waals surface area contributed by atoms with Gasteiger partial charge in [-0.25, -0.2) is 0 Å². The molecule has 3 nitrogen and oxygen atoms in total. The molecule has 0 aromatic heterocycles. The number of ether oxygens (including phenoxy) is 1. The van der Waals surface area contributed by atoms with Gasteiger partial charge in [-0.15, -0.1) is 0 Å². The molecule has 0 aromatic carbocycles. The average Bonchev–Trinajstić information content (AvgIpc) is 2.92. The number of aliphatic hydroxyl groups is 1. The minimum absolute atomic E-state index is 0.269. The zero-order chi connectivity index (χ0) is 16.0. The molecule has 2 aliphatic carbocycles. The first-order chi connectivity index (χ1) is 10.3. The number of aliphatic hydroxyl groups excluding tert-OH is 1. The van der Waals surface area contributed by atoms with E-state index in [0.717, 1.165) is 19.0 Å². The lowest BCUT2D eigenvalue weighted by atomic mass is 9.70. The molecule has 3 aliphatic rings. The van der Waals surface area contributed by atoms with Crippen LogP contribution in [-0.2, 0) is 4.74 Å². The third kappa shape index (κ3) is 2.97. The fraction of sp³-hybridized carbons (Fsp3) is 1.00. The summed E-state index contributed by atoms with van der Waals surface area (Å²) in [5.41, 5.74) is 0.609. The lowest BCUT2D eigenvalue weighted by molar-refractivity contribution is -0.114. The summed E-state index contributed by atoms with van der Waals surface area (Å²) in [7, 11) is 0. The Kier molecular flexibility index (Phi) is 4.61. The summed E-state index contributed by atoms with van der Waals surface area (Å²) in [6.07, 6.45) is 7.80. The Hall–Kier alpha value is -0.120. The highest BCUT2D eigenvalue weighted by Gasteiger charge is 2.60. The molecule has 128 valence electrons. The predicted molar refractivity (Wildman–Crippen MR) is 89.9 cm³/mol. The van der Waals surface area contributed by atoms with Crippen molar-refractivity contribution in [1.29, 1.82) is 0 Å². The second kappa shape index (κ2) is 6.07. The van der Waals surface area contributed by atoms with Gasteiger partial charge in [-0.3, -0.25) is 4.90 Å². The van der Waals surface area contributed by atoms with E-state index in [0.29, 0.717) is 24.2 Å². The Morgan fingerprint density at radius 2 is 2.00 bits per heavy atom. The molecule has 3 fully saturated rings. The van der Waals surface area contributed by atoms with Crippen LogP contribution in [0.15, 0.2) is 0 Å². The fourth-order valence-corrected chi connectivity index (χ4v) is 5.63. The highest BCUT2D eigenvalue weighted by molar-refractivity contribution is 5.09. The quantitative estimate of drug-likeness (QED) is 0.844. The van der Waals surface area contributed by atoms with E-state index < -0.39 is 0 Å². The molecule has 2 bridgehead atoms. The highest BCUT2D eigenvalue weighted by Crippen LogP contribution is 2.63. The van der Waals surface area contributed by atoms with Crippen LogP contribution in [0.2, 0.25) is 0 Å². The van der Waals surface area contributed by atoms with Crippen LogP contribution in [-0.4, -0.2) is 48.0 Å². The van der Waals surface area contributed by atoms with Crippen LogP contribution < -0.4 is 0 Å². The number of likely N-dealkylation sites (tertiary alicyclic amines) is 1. The van der Waals surface area contributed by atoms with Crippen molar-refractivity contribution in [1.82, 2.24) is 4.90 Å². The minimum Gasteiger partial charge on any atom is -0.389 e. The topological polar surface area (TPSA) is 32.7 Å². The summed E-state index contributed by atoms with van der Waals surface area (Å²) >= 11 is 0. The van der Waals surface area contributed by atoms with E-state index in [-0.39, 0.29) is 11.5 Å². The van der Waals surface area contributed by atoms with E-state index >= 15 is 0 Å². The van der Waals surface area contributed by atoms with Gasteiger partial charge in [-0.1, -0.05) is 27.2 Å². The normalized spacial score (nSPS) is 42.7. The van der Waals surface area contributed by atoms with Crippen LogP contribution >= 0.6 is 0 Å². The van der Waals surface area contributed by atoms with Gasteiger partial charge in [0.25, 0.3) is 0 Å². The number of β-amino-alcohol motifs (C(OH)–C–C–N with tert-alkyl or cyclic N) is 1. The van der Waals surface area contributed by atoms with Gasteiger partial charge >= 0.3 is 0 Å². The van der Waals surface area contributed by atoms with Crippen molar-refractivity contribution in [3.8, 4) is 0 Å². The van der Waals surface area contributed by atoms with E-state index in [4.69, 9.17) is 4.74 Å². The summed E-state index contributed by atoms with van der Waals surface area (Å²) in [5.74, 6) is 0.807. The summed E-state index contributed by atoms with van der Waals surface area (Å²) in [6, 6.07) is 0.611. The Morgan fingerprint density at radius 3 is 2.64 bits per heavy atom. The van der Waals surface area contributed by atoms with Crippen molar-refractivity contribution in [2.75, 3.05) is 19.7 Å². The molecule has 5 atom stereocenters. The third-order valence-electron chi connectivity index (χ3n) is 6.98. The van der Waals surface area contributed by atoms with Crippen molar-refractivity contribution >= 4 is 0 Å². The van der Waals surface area contributed by atoms with Crippen LogP contribution in [0.25, 0.3) is 0 Å². The van der Waals surface area contributed by atoms with Gasteiger partial charge in [-0.05, 0) is 62.3 Å². The molecule has 1 N–H and O–H groups in total. The summed E-state index contributed by atoms with van der Waals surface area (Å²) in [6.45, 7) is 11.8. The van der Waals surface area contributed by atoms with E-state index in [9.17, 15) is 5.11 Å². The molecule has 2 saturated carbocycles. The molecule has 0 spiro atoms. The van der Waals surface area contributed by atoms with Crippen molar-refractivity contribution in [2.45, 2.75) is 84.5 Å². The van der Waals surface area contributed by atoms with Crippen molar-refractivity contribution in [3.63, 3.8) is 0 Å². The predicted octanol–water partition coefficient (Wildman–Crippen LogP) is 3.45. The number of hydrogen-bond acceptors (Lipinski definition) is 3. The molecule has 1 heterocycles. The second-order valence-corrected chi connectivity index (χ2v) is 9.12. The van der Waals surface area contributed by atoms with Crippen LogP contribution in [0.4, 0.5) is 0 Å². The molecule has 0 aromatic rings. The largest absolute Gasteiger partial charge is 0.389 e. The molecule has 0 radical (unpaired) electrons. The number of rotatable bonds is 5. The monoisotopic (exact) mass is 309 g/mol. The molecular weight excluding hydrogens is 274 g/mol. The second-order valence-electron chi connectivity index (χ2n) is 9.12. The average molecular weight is 309 g/mol. The van der Waals surface area contributed by atoms with E-state index in [1.807, 2.05) is 0 Å². The molecule has 22 heavy (non-hydrogen) atoms. The molecule has 3 heteroatoms. The van der Waals surface area contributed by atoms with Gasteiger partial charge in [0.05, 0.1) is 18.8 Å². The van der Waals surface area contributed by atoms with Gasteiger partial charge in [0.2, 0.25) is 0 Å². The maximum absolute atomic E-state index is 10.4. The Balaban J connectivity index is 1.51. The zero-order valence-electron chi connectivity index (χ0n) is 15.0. The molecular formula is C19H35NO2. The maximum atomic E-state index is 10.4. The number of piperidine rings is 1. The molecule has 0 unspecified atom stereocenters. The lowest BCUT2D eigenvalue weighted by Crippen LogP contribution is -2.46. The van der Waals surface area contributed by atoms with E-state index in [1.165, 1.54) is 38.5 Å². The number of nitrogens with zero attached hydrogens (tertiary/aromatic N) is 1. The standard InChI is InChI=1S/C19H35NO2/c1-14-7-5-6-10-20(14)12-16(21)13-22-17-18(2,3)15-8-9-19(17,4)11-15/h14-17,21H,5-13H2,1-4H3/t14-,15+,16-,17+,19+/m0/s1. The van der Waals surface area contributed by atoms with Gasteiger partial charge < -0.3 is 9.84 Å². The van der Waals surface area contributed by atoms with Crippen LogP contribution in [0.5, 0.6) is 0 Å². The lowest BCUT2D eigenvalue weighted by Gasteiger charge is -2.43. The smallest absolute Gasteiger partial charge is 0.0900 e. The molecule has 3 rings (SSSR count). The molecule has 0 amide bonds. The van der Waals surface area contributed by atoms with Crippen LogP contribution in [0.1, 0.15) is 66.2 Å². The van der Waals surface area contributed by atoms with Crippen LogP contribution in [0, 0.1) is 16.7 Å². The van der Waals surface area contributed by atoms with Gasteiger partial charge in [0.1, 0.15) is 0 Å². The molecule has 1 saturated heterocycles. The fourth-order valence-electron chi connectivity index (χ4n) is 5.63. The van der Waals surface area contributed by atoms with Crippen molar-refractivity contribution in [3.05, 3.63) is 0 Å². The Labute approximate surface area is 136 Å². The zero-order valence-corrected chi connectivity index (χ0v) is 15.0. The Morgan fingerprint density at radius 1 is 1.23 bits per heavy atom. The SMILES string of the molecule is C[C@H]1CCCCN1C[C@H](O)CO[C@@H]1C(C)(C)[C@@H]2CC[C@]1(C)C2. The van der Waals surface area contributed by atoms with Gasteiger partial charge in [0, 0.05) is 12.6 Å². The highest BCUT2D eigenvalue weighted by atomic mass is 16.5. The minimum atomic E-state index is -0.348. The number of fused-ring (bicyclic) bond motifs is 2. The summed E-state index contributed by atoms with van der Waals surface area (Å²) in [4.78, 5) is 2.44. The first kappa shape index (κ1) is 16.7. The first-order valence-corrected chi connectivity index (χ1v) is 9.36. The van der Waals surface area contributed by atoms with E-state index in [2.05, 4.69) is 32.6 Å². The summed E-state index contributed by atoms with van der Waals surface area (Å²) < 4.78 is 6.32. The Bertz CT molecular complexity index is 392. The van der Waals surface area contributed by atoms with Gasteiger partial charge in [0.15, 0.2) is 0 Å². The van der Waals surface area contributed by atoms with E-state index in [1.54, 1.807) is 0 Å². The van der Waals surface area contributed by atoms with Crippen molar-refractivity contribution < 1.29 is 9.84 Å². The third-order valence-corrected chi connectivity index (χ3v) is 6.98. The van der Waals surface area contributed by atoms with Gasteiger partial charge in [-0.2, -0.15) is 0 Å². The molecule has 1 aliphatic heterocycles.